The van der Waals surface area contributed by atoms with Crippen LogP contribution in [0.15, 0.2) is 18.2 Å². The van der Waals surface area contributed by atoms with Gasteiger partial charge in [-0.15, -0.1) is 0 Å². The first-order valence-corrected chi connectivity index (χ1v) is 8.08. The molecule has 1 aromatic rings. The van der Waals surface area contributed by atoms with Crippen molar-refractivity contribution in [2.75, 3.05) is 51.6 Å². The Hall–Kier alpha value is -1.59. The van der Waals surface area contributed by atoms with Gasteiger partial charge in [0.25, 0.3) is 0 Å². The molecule has 0 aliphatic carbocycles. The Balaban J connectivity index is 1.66. The number of carbonyl (C=O) groups excluding carboxylic acids is 1. The van der Waals surface area contributed by atoms with Crippen LogP contribution in [0.25, 0.3) is 0 Å². The van der Waals surface area contributed by atoms with Crippen LogP contribution in [-0.4, -0.2) is 62.1 Å². The molecule has 0 aromatic heterocycles. The number of urea groups is 1. The standard InChI is InChI=1S/C17H28N4O/c1-14-6-4-7-15(2)16(14)19-17(22)18-8-5-9-21-12-10-20(3)11-13-21/h4,6-7H,5,8-13H2,1-3H3,(H2,18,19,22). The number of carbonyl (C=O) groups is 1. The van der Waals surface area contributed by atoms with Crippen molar-refractivity contribution in [1.82, 2.24) is 15.1 Å². The zero-order valence-electron chi connectivity index (χ0n) is 14.0. The maximum Gasteiger partial charge on any atom is 0.319 e. The van der Waals surface area contributed by atoms with Gasteiger partial charge in [-0.1, -0.05) is 18.2 Å². The fourth-order valence-electron chi connectivity index (χ4n) is 2.75. The molecule has 2 N–H and O–H groups in total. The van der Waals surface area contributed by atoms with Gasteiger partial charge in [-0.05, 0) is 45.0 Å². The lowest BCUT2D eigenvalue weighted by atomic mass is 10.1. The monoisotopic (exact) mass is 304 g/mol. The number of hydrogen-bond donors (Lipinski definition) is 2. The number of aryl methyl sites for hydroxylation is 2. The van der Waals surface area contributed by atoms with Crippen LogP contribution in [-0.2, 0) is 0 Å². The number of benzene rings is 1. The summed E-state index contributed by atoms with van der Waals surface area (Å²) in [5, 5.41) is 5.90. The van der Waals surface area contributed by atoms with Gasteiger partial charge in [0.15, 0.2) is 0 Å². The van der Waals surface area contributed by atoms with E-state index in [0.29, 0.717) is 6.54 Å². The molecule has 1 aliphatic rings. The summed E-state index contributed by atoms with van der Waals surface area (Å²) >= 11 is 0. The largest absolute Gasteiger partial charge is 0.338 e. The van der Waals surface area contributed by atoms with Crippen molar-refractivity contribution in [3.8, 4) is 0 Å². The Bertz CT molecular complexity index is 475. The lowest BCUT2D eigenvalue weighted by Gasteiger charge is -2.32. The Kier molecular flexibility index (Phi) is 6.21. The molecule has 5 heteroatoms. The first kappa shape index (κ1) is 16.8. The predicted molar refractivity (Wildman–Crippen MR) is 91.5 cm³/mol. The summed E-state index contributed by atoms with van der Waals surface area (Å²) in [4.78, 5) is 16.8. The number of nitrogens with zero attached hydrogens (tertiary/aromatic N) is 2. The Morgan fingerprint density at radius 2 is 1.77 bits per heavy atom. The molecule has 1 aromatic carbocycles. The van der Waals surface area contributed by atoms with E-state index in [4.69, 9.17) is 0 Å². The highest BCUT2D eigenvalue weighted by atomic mass is 16.2. The Labute approximate surface area is 133 Å². The van der Waals surface area contributed by atoms with Crippen molar-refractivity contribution in [3.63, 3.8) is 0 Å². The zero-order chi connectivity index (χ0) is 15.9. The first-order valence-electron chi connectivity index (χ1n) is 8.08. The number of likely N-dealkylation sites (N-methyl/N-ethyl adjacent to an activating group) is 1. The van der Waals surface area contributed by atoms with Crippen molar-refractivity contribution in [2.24, 2.45) is 0 Å². The van der Waals surface area contributed by atoms with Gasteiger partial charge in [-0.3, -0.25) is 0 Å². The molecule has 0 radical (unpaired) electrons. The van der Waals surface area contributed by atoms with Crippen LogP contribution in [0.5, 0.6) is 0 Å². The molecule has 0 atom stereocenters. The van der Waals surface area contributed by atoms with Crippen LogP contribution < -0.4 is 10.6 Å². The van der Waals surface area contributed by atoms with Crippen LogP contribution in [0, 0.1) is 13.8 Å². The second-order valence-corrected chi connectivity index (χ2v) is 6.15. The fourth-order valence-corrected chi connectivity index (χ4v) is 2.75. The van der Waals surface area contributed by atoms with Crippen molar-refractivity contribution in [2.45, 2.75) is 20.3 Å². The van der Waals surface area contributed by atoms with E-state index in [-0.39, 0.29) is 6.03 Å². The molecule has 22 heavy (non-hydrogen) atoms. The lowest BCUT2D eigenvalue weighted by Crippen LogP contribution is -2.45. The molecule has 0 bridgehead atoms. The van der Waals surface area contributed by atoms with E-state index in [1.807, 2.05) is 32.0 Å². The molecule has 1 fully saturated rings. The molecule has 1 saturated heterocycles. The maximum absolute atomic E-state index is 12.0. The topological polar surface area (TPSA) is 47.6 Å². The molecule has 122 valence electrons. The summed E-state index contributed by atoms with van der Waals surface area (Å²) in [6.07, 6.45) is 0.990. The van der Waals surface area contributed by atoms with E-state index in [0.717, 1.165) is 56.0 Å². The minimum atomic E-state index is -0.115. The minimum absolute atomic E-state index is 0.115. The van der Waals surface area contributed by atoms with Crippen molar-refractivity contribution < 1.29 is 4.79 Å². The molecule has 2 rings (SSSR count). The summed E-state index contributed by atoms with van der Waals surface area (Å²) in [5.74, 6) is 0. The highest BCUT2D eigenvalue weighted by molar-refractivity contribution is 5.90. The quantitative estimate of drug-likeness (QED) is 0.819. The molecule has 2 amide bonds. The van der Waals surface area contributed by atoms with Crippen molar-refractivity contribution in [1.29, 1.82) is 0 Å². The van der Waals surface area contributed by atoms with E-state index in [2.05, 4.69) is 27.5 Å². The van der Waals surface area contributed by atoms with E-state index in [1.165, 1.54) is 0 Å². The van der Waals surface area contributed by atoms with Crippen LogP contribution in [0.1, 0.15) is 17.5 Å². The van der Waals surface area contributed by atoms with Gasteiger partial charge in [0.05, 0.1) is 0 Å². The van der Waals surface area contributed by atoms with Crippen LogP contribution >= 0.6 is 0 Å². The second-order valence-electron chi connectivity index (χ2n) is 6.15. The van der Waals surface area contributed by atoms with Gasteiger partial charge in [0.2, 0.25) is 0 Å². The molecule has 0 saturated carbocycles. The number of nitrogens with one attached hydrogen (secondary N) is 2. The number of anilines is 1. The van der Waals surface area contributed by atoms with E-state index < -0.39 is 0 Å². The van der Waals surface area contributed by atoms with Crippen LogP contribution in [0.3, 0.4) is 0 Å². The second kappa shape index (κ2) is 8.15. The number of para-hydroxylation sites is 1. The Morgan fingerprint density at radius 3 is 2.41 bits per heavy atom. The minimum Gasteiger partial charge on any atom is -0.338 e. The summed E-state index contributed by atoms with van der Waals surface area (Å²) in [5.41, 5.74) is 3.10. The average Bonchev–Trinajstić information content (AvgIpc) is 2.49. The van der Waals surface area contributed by atoms with E-state index >= 15 is 0 Å². The predicted octanol–water partition coefficient (Wildman–Crippen LogP) is 2.06. The van der Waals surface area contributed by atoms with E-state index in [1.54, 1.807) is 0 Å². The smallest absolute Gasteiger partial charge is 0.319 e. The highest BCUT2D eigenvalue weighted by Crippen LogP contribution is 2.18. The first-order chi connectivity index (χ1) is 10.6. The third-order valence-corrected chi connectivity index (χ3v) is 4.25. The molecule has 0 unspecified atom stereocenters. The van der Waals surface area contributed by atoms with Gasteiger partial charge in [-0.2, -0.15) is 0 Å². The van der Waals surface area contributed by atoms with Gasteiger partial charge < -0.3 is 20.4 Å². The highest BCUT2D eigenvalue weighted by Gasteiger charge is 2.13. The molecule has 5 nitrogen and oxygen atoms in total. The third-order valence-electron chi connectivity index (χ3n) is 4.25. The number of rotatable bonds is 5. The van der Waals surface area contributed by atoms with Gasteiger partial charge in [0, 0.05) is 38.4 Å². The summed E-state index contributed by atoms with van der Waals surface area (Å²) in [6, 6.07) is 5.91. The summed E-state index contributed by atoms with van der Waals surface area (Å²) in [7, 11) is 2.16. The van der Waals surface area contributed by atoms with Crippen molar-refractivity contribution in [3.05, 3.63) is 29.3 Å². The molecular weight excluding hydrogens is 276 g/mol. The third kappa shape index (κ3) is 5.00. The van der Waals surface area contributed by atoms with Gasteiger partial charge in [0.1, 0.15) is 0 Å². The Morgan fingerprint density at radius 1 is 1.14 bits per heavy atom. The van der Waals surface area contributed by atoms with Gasteiger partial charge in [-0.25, -0.2) is 4.79 Å². The summed E-state index contributed by atoms with van der Waals surface area (Å²) < 4.78 is 0. The normalized spacial score (nSPS) is 16.5. The van der Waals surface area contributed by atoms with Crippen LogP contribution in [0.2, 0.25) is 0 Å². The van der Waals surface area contributed by atoms with E-state index in [9.17, 15) is 4.79 Å². The molecule has 0 spiro atoms. The number of piperazine rings is 1. The summed E-state index contributed by atoms with van der Waals surface area (Å²) in [6.45, 7) is 10.3. The fraction of sp³-hybridized carbons (Fsp3) is 0.588. The number of hydrogen-bond acceptors (Lipinski definition) is 3. The van der Waals surface area contributed by atoms with Gasteiger partial charge >= 0.3 is 6.03 Å². The average molecular weight is 304 g/mol. The van der Waals surface area contributed by atoms with Crippen molar-refractivity contribution >= 4 is 11.7 Å². The molecule has 1 aliphatic heterocycles. The lowest BCUT2D eigenvalue weighted by molar-refractivity contribution is 0.153. The maximum atomic E-state index is 12.0. The zero-order valence-corrected chi connectivity index (χ0v) is 14.0. The molecular formula is C17H28N4O. The SMILES string of the molecule is Cc1cccc(C)c1NC(=O)NCCCN1CCN(C)CC1. The van der Waals surface area contributed by atoms with Crippen LogP contribution in [0.4, 0.5) is 10.5 Å². The molecule has 1 heterocycles. The number of amides is 2.